The highest BCUT2D eigenvalue weighted by molar-refractivity contribution is 7.26. The first-order chi connectivity index (χ1) is 26.5. The lowest BCUT2D eigenvalue weighted by molar-refractivity contribution is 0.666. The first-order valence-corrected chi connectivity index (χ1v) is 20.3. The highest BCUT2D eigenvalue weighted by Gasteiger charge is 2.38. The van der Waals surface area contributed by atoms with Crippen LogP contribution in [-0.4, -0.2) is 4.57 Å². The Kier molecular flexibility index (Phi) is 6.22. The van der Waals surface area contributed by atoms with Gasteiger partial charge in [0, 0.05) is 62.2 Å². The molecule has 0 spiro atoms. The second-order valence-electron chi connectivity index (χ2n) is 15.3. The molecule has 54 heavy (non-hydrogen) atoms. The second kappa shape index (κ2) is 11.0. The van der Waals surface area contributed by atoms with Gasteiger partial charge in [-0.25, -0.2) is 0 Å². The number of nitrogens with zero attached hydrogens (tertiary/aromatic N) is 1. The largest absolute Gasteiger partial charge is 0.309 e. The van der Waals surface area contributed by atoms with E-state index in [0.717, 1.165) is 0 Å². The van der Waals surface area contributed by atoms with E-state index >= 15 is 0 Å². The summed E-state index contributed by atoms with van der Waals surface area (Å²) in [6.07, 6.45) is 0. The van der Waals surface area contributed by atoms with Crippen molar-refractivity contribution in [2.45, 2.75) is 19.3 Å². The monoisotopic (exact) mass is 723 g/mol. The van der Waals surface area contributed by atoms with E-state index in [1.807, 2.05) is 22.7 Å². The molecule has 8 aromatic carbocycles. The number of rotatable bonds is 3. The molecule has 3 heterocycles. The molecule has 0 N–H and O–H groups in total. The van der Waals surface area contributed by atoms with Crippen LogP contribution in [0.5, 0.6) is 0 Å². The van der Waals surface area contributed by atoms with Gasteiger partial charge in [0.1, 0.15) is 0 Å². The van der Waals surface area contributed by atoms with Gasteiger partial charge < -0.3 is 4.57 Å². The van der Waals surface area contributed by atoms with Crippen LogP contribution in [0, 0.1) is 0 Å². The van der Waals surface area contributed by atoms with Gasteiger partial charge in [-0.2, -0.15) is 0 Å². The Morgan fingerprint density at radius 1 is 0.426 bits per heavy atom. The Morgan fingerprint density at radius 3 is 1.91 bits per heavy atom. The lowest BCUT2D eigenvalue weighted by atomic mass is 9.80. The third-order valence-electron chi connectivity index (χ3n) is 12.0. The topological polar surface area (TPSA) is 4.93 Å². The van der Waals surface area contributed by atoms with Crippen LogP contribution in [0.25, 0.3) is 101 Å². The van der Waals surface area contributed by atoms with Crippen LogP contribution in [-0.2, 0) is 5.41 Å². The van der Waals surface area contributed by atoms with Crippen molar-refractivity contribution in [2.75, 3.05) is 0 Å². The van der Waals surface area contributed by atoms with Gasteiger partial charge >= 0.3 is 0 Å². The van der Waals surface area contributed by atoms with Gasteiger partial charge in [-0.3, -0.25) is 0 Å². The van der Waals surface area contributed by atoms with Crippen molar-refractivity contribution in [3.8, 4) is 39.1 Å². The average Bonchev–Trinajstić information content (AvgIpc) is 3.94. The van der Waals surface area contributed by atoms with Gasteiger partial charge in [0.15, 0.2) is 0 Å². The quantitative estimate of drug-likeness (QED) is 0.171. The maximum Gasteiger partial charge on any atom is 0.0541 e. The first-order valence-electron chi connectivity index (χ1n) is 18.7. The minimum Gasteiger partial charge on any atom is -0.309 e. The predicted molar refractivity (Wildman–Crippen MR) is 235 cm³/mol. The van der Waals surface area contributed by atoms with Crippen molar-refractivity contribution in [1.82, 2.24) is 4.57 Å². The van der Waals surface area contributed by atoms with E-state index in [0.29, 0.717) is 0 Å². The van der Waals surface area contributed by atoms with E-state index in [-0.39, 0.29) is 5.41 Å². The van der Waals surface area contributed by atoms with E-state index in [4.69, 9.17) is 0 Å². The first kappa shape index (κ1) is 30.5. The zero-order valence-corrected chi connectivity index (χ0v) is 31.5. The van der Waals surface area contributed by atoms with Crippen LogP contribution in [0.2, 0.25) is 0 Å². The standard InChI is InChI=1S/C51H33NS2/c1-51(2)42-29-33(21-22-35(42)37-23-26-47-48(49(37)51)39-14-7-9-18-46(39)53-47)52-43-24-19-31(30-11-4-3-5-12-30)27-40(43)41-28-32(20-25-44(41)52)34-15-10-16-38-36-13-6-8-17-45(36)54-50(34)38/h3-29H,1-2H3. The summed E-state index contributed by atoms with van der Waals surface area (Å²) >= 11 is 3.80. The van der Waals surface area contributed by atoms with Crippen molar-refractivity contribution in [1.29, 1.82) is 0 Å². The van der Waals surface area contributed by atoms with Crippen LogP contribution in [0.4, 0.5) is 0 Å². The van der Waals surface area contributed by atoms with Crippen LogP contribution in [0.15, 0.2) is 164 Å². The second-order valence-corrected chi connectivity index (χ2v) is 17.4. The van der Waals surface area contributed by atoms with Gasteiger partial charge in [0.05, 0.1) is 11.0 Å². The maximum atomic E-state index is 2.50. The highest BCUT2D eigenvalue weighted by Crippen LogP contribution is 2.54. The Balaban J connectivity index is 1.09. The lowest BCUT2D eigenvalue weighted by Gasteiger charge is -2.23. The number of aromatic nitrogens is 1. The number of hydrogen-bond donors (Lipinski definition) is 0. The minimum atomic E-state index is -0.153. The molecule has 0 aliphatic heterocycles. The van der Waals surface area contributed by atoms with Gasteiger partial charge in [-0.1, -0.05) is 123 Å². The predicted octanol–water partition coefficient (Wildman–Crippen LogP) is 15.2. The van der Waals surface area contributed by atoms with E-state index < -0.39 is 0 Å². The van der Waals surface area contributed by atoms with Crippen LogP contribution in [0.1, 0.15) is 25.0 Å². The Bertz CT molecular complexity index is 3350. The molecule has 3 aromatic heterocycles. The van der Waals surface area contributed by atoms with Crippen LogP contribution < -0.4 is 0 Å². The Morgan fingerprint density at radius 2 is 1.09 bits per heavy atom. The lowest BCUT2D eigenvalue weighted by Crippen LogP contribution is -2.15. The smallest absolute Gasteiger partial charge is 0.0541 e. The molecule has 0 fully saturated rings. The Labute approximate surface area is 321 Å². The molecule has 0 atom stereocenters. The normalized spacial score (nSPS) is 13.5. The van der Waals surface area contributed by atoms with Crippen molar-refractivity contribution in [2.24, 2.45) is 0 Å². The maximum absolute atomic E-state index is 2.50. The molecular formula is C51H33NS2. The van der Waals surface area contributed by atoms with E-state index in [1.54, 1.807) is 0 Å². The molecule has 0 unspecified atom stereocenters. The summed E-state index contributed by atoms with van der Waals surface area (Å²) in [5.41, 5.74) is 14.1. The van der Waals surface area contributed by atoms with Gasteiger partial charge in [-0.05, 0) is 99.1 Å². The molecule has 0 saturated carbocycles. The summed E-state index contributed by atoms with van der Waals surface area (Å²) in [6.45, 7) is 4.85. The summed E-state index contributed by atoms with van der Waals surface area (Å²) in [5.74, 6) is 0. The summed E-state index contributed by atoms with van der Waals surface area (Å²) in [5, 5.41) is 7.99. The summed E-state index contributed by atoms with van der Waals surface area (Å²) < 4.78 is 7.91. The van der Waals surface area contributed by atoms with Gasteiger partial charge in [-0.15, -0.1) is 22.7 Å². The van der Waals surface area contributed by atoms with E-state index in [1.165, 1.54) is 112 Å². The van der Waals surface area contributed by atoms with Crippen molar-refractivity contribution >= 4 is 84.8 Å². The number of thiophene rings is 2. The molecule has 1 nitrogen and oxygen atoms in total. The summed E-state index contributed by atoms with van der Waals surface area (Å²) in [4.78, 5) is 0. The fourth-order valence-corrected chi connectivity index (χ4v) is 11.9. The zero-order chi connectivity index (χ0) is 35.7. The molecular weight excluding hydrogens is 691 g/mol. The van der Waals surface area contributed by atoms with Crippen molar-refractivity contribution in [3.63, 3.8) is 0 Å². The highest BCUT2D eigenvalue weighted by atomic mass is 32.1. The molecule has 3 heteroatoms. The molecule has 12 rings (SSSR count). The number of benzene rings is 8. The summed E-state index contributed by atoms with van der Waals surface area (Å²) in [7, 11) is 0. The fraction of sp³-hybridized carbons (Fsp3) is 0.0588. The number of fused-ring (bicyclic) bond motifs is 13. The van der Waals surface area contributed by atoms with Crippen molar-refractivity contribution in [3.05, 3.63) is 175 Å². The minimum absolute atomic E-state index is 0.153. The molecule has 0 radical (unpaired) electrons. The molecule has 11 aromatic rings. The third kappa shape index (κ3) is 4.14. The Hall–Kier alpha value is -6.00. The molecule has 0 saturated heterocycles. The number of hydrogen-bond acceptors (Lipinski definition) is 2. The van der Waals surface area contributed by atoms with E-state index in [2.05, 4.69) is 182 Å². The SMILES string of the molecule is CC1(C)c2cc(-n3c4ccc(-c5ccccc5)cc4c4cc(-c5cccc6c5sc5ccccc56)ccc43)ccc2-c2ccc3sc4ccccc4c3c21. The molecule has 1 aliphatic carbocycles. The van der Waals surface area contributed by atoms with Crippen LogP contribution >= 0.6 is 22.7 Å². The fourth-order valence-electron chi connectivity index (χ4n) is 9.50. The zero-order valence-electron chi connectivity index (χ0n) is 29.9. The third-order valence-corrected chi connectivity index (χ3v) is 14.3. The molecule has 1 aliphatic rings. The molecule has 0 amide bonds. The van der Waals surface area contributed by atoms with E-state index in [9.17, 15) is 0 Å². The van der Waals surface area contributed by atoms with Crippen molar-refractivity contribution < 1.29 is 0 Å². The molecule has 0 bridgehead atoms. The molecule has 254 valence electrons. The summed E-state index contributed by atoms with van der Waals surface area (Å²) in [6, 6.07) is 61.3. The van der Waals surface area contributed by atoms with Gasteiger partial charge in [0.25, 0.3) is 0 Å². The van der Waals surface area contributed by atoms with Crippen LogP contribution in [0.3, 0.4) is 0 Å². The average molecular weight is 724 g/mol. The van der Waals surface area contributed by atoms with Gasteiger partial charge in [0.2, 0.25) is 0 Å².